The largest absolute Gasteiger partial charge is 0.272 e. The second-order valence-corrected chi connectivity index (χ2v) is 6.36. The Hall–Kier alpha value is -2.31. The van der Waals surface area contributed by atoms with Gasteiger partial charge in [-0.2, -0.15) is 10.2 Å². The molecule has 1 saturated carbocycles. The number of fused-ring (bicyclic) bond motifs is 1. The van der Waals surface area contributed by atoms with E-state index < -0.39 is 6.43 Å². The summed E-state index contributed by atoms with van der Waals surface area (Å²) in [5.74, 6) is 0.295. The highest BCUT2D eigenvalue weighted by atomic mass is 19.3. The van der Waals surface area contributed by atoms with Gasteiger partial charge in [-0.15, -0.1) is 0 Å². The van der Waals surface area contributed by atoms with Gasteiger partial charge in [-0.25, -0.2) is 13.8 Å². The zero-order valence-corrected chi connectivity index (χ0v) is 13.9. The molecule has 3 aromatic heterocycles. The Morgan fingerprint density at radius 2 is 2.04 bits per heavy atom. The maximum Gasteiger partial charge on any atom is 0.264 e. The molecule has 0 radical (unpaired) electrons. The SMILES string of the molecule is CCn1cc(-c2cc(C(F)F)c3c(C4CC4)nn(C)c3n2)c(C)n1. The first-order valence-corrected chi connectivity index (χ1v) is 8.19. The highest BCUT2D eigenvalue weighted by molar-refractivity contribution is 5.86. The van der Waals surface area contributed by atoms with Crippen LogP contribution < -0.4 is 0 Å². The molecule has 1 aliphatic rings. The number of alkyl halides is 2. The molecule has 0 atom stereocenters. The fraction of sp³-hybridized carbons (Fsp3) is 0.471. The normalized spacial score (nSPS) is 14.9. The molecule has 3 heterocycles. The smallest absolute Gasteiger partial charge is 0.264 e. The Bertz CT molecular complexity index is 921. The van der Waals surface area contributed by atoms with E-state index in [0.29, 0.717) is 22.6 Å². The van der Waals surface area contributed by atoms with Crippen molar-refractivity contribution in [1.29, 1.82) is 0 Å². The molecule has 0 N–H and O–H groups in total. The molecule has 0 amide bonds. The first-order chi connectivity index (χ1) is 11.5. The van der Waals surface area contributed by atoms with Crippen LogP contribution in [-0.4, -0.2) is 24.5 Å². The highest BCUT2D eigenvalue weighted by Crippen LogP contribution is 2.44. The Balaban J connectivity index is 1.98. The first kappa shape index (κ1) is 15.2. The second-order valence-electron chi connectivity index (χ2n) is 6.36. The summed E-state index contributed by atoms with van der Waals surface area (Å²) in [5.41, 5.74) is 3.41. The third-order valence-electron chi connectivity index (χ3n) is 4.60. The minimum absolute atomic E-state index is 0.0219. The summed E-state index contributed by atoms with van der Waals surface area (Å²) >= 11 is 0. The Labute approximate surface area is 138 Å². The summed E-state index contributed by atoms with van der Waals surface area (Å²) in [7, 11) is 1.77. The van der Waals surface area contributed by atoms with Gasteiger partial charge >= 0.3 is 0 Å². The lowest BCUT2D eigenvalue weighted by atomic mass is 10.0. The van der Waals surface area contributed by atoms with E-state index in [9.17, 15) is 8.78 Å². The first-order valence-electron chi connectivity index (χ1n) is 8.19. The summed E-state index contributed by atoms with van der Waals surface area (Å²) in [5, 5.41) is 9.39. The fourth-order valence-electron chi connectivity index (χ4n) is 3.19. The van der Waals surface area contributed by atoms with E-state index in [-0.39, 0.29) is 5.56 Å². The van der Waals surface area contributed by atoms with Crippen LogP contribution in [0.3, 0.4) is 0 Å². The predicted molar refractivity (Wildman–Crippen MR) is 87.1 cm³/mol. The van der Waals surface area contributed by atoms with Crippen LogP contribution in [0.5, 0.6) is 0 Å². The lowest BCUT2D eigenvalue weighted by Crippen LogP contribution is -1.96. The molecule has 7 heteroatoms. The number of aromatic nitrogens is 5. The minimum atomic E-state index is -2.56. The molecule has 126 valence electrons. The summed E-state index contributed by atoms with van der Waals surface area (Å²) in [4.78, 5) is 4.64. The average Bonchev–Trinajstić information content (AvgIpc) is 3.25. The van der Waals surface area contributed by atoms with Crippen LogP contribution in [0.25, 0.3) is 22.3 Å². The van der Waals surface area contributed by atoms with E-state index in [1.54, 1.807) is 16.4 Å². The van der Waals surface area contributed by atoms with Gasteiger partial charge in [0.1, 0.15) is 0 Å². The van der Waals surface area contributed by atoms with Crippen molar-refractivity contribution in [3.8, 4) is 11.3 Å². The quantitative estimate of drug-likeness (QED) is 0.727. The van der Waals surface area contributed by atoms with Gasteiger partial charge in [0.2, 0.25) is 0 Å². The number of nitrogens with zero attached hydrogens (tertiary/aromatic N) is 5. The van der Waals surface area contributed by atoms with Crippen molar-refractivity contribution in [1.82, 2.24) is 24.5 Å². The maximum atomic E-state index is 13.8. The van der Waals surface area contributed by atoms with E-state index in [4.69, 9.17) is 0 Å². The van der Waals surface area contributed by atoms with Crippen LogP contribution in [-0.2, 0) is 13.6 Å². The van der Waals surface area contributed by atoms with Gasteiger partial charge in [0.25, 0.3) is 6.43 Å². The standard InChI is InChI=1S/C17H19F2N5/c1-4-24-8-12(9(2)21-24)13-7-11(16(18)19)14-15(10-5-6-10)22-23(3)17(14)20-13/h7-8,10,16H,4-6H2,1-3H3. The van der Waals surface area contributed by atoms with Crippen LogP contribution in [0, 0.1) is 6.92 Å². The van der Waals surface area contributed by atoms with Crippen LogP contribution >= 0.6 is 0 Å². The van der Waals surface area contributed by atoms with E-state index in [0.717, 1.165) is 36.3 Å². The maximum absolute atomic E-state index is 13.8. The van der Waals surface area contributed by atoms with Gasteiger partial charge in [0.15, 0.2) is 5.65 Å². The molecule has 24 heavy (non-hydrogen) atoms. The molecule has 0 aliphatic heterocycles. The topological polar surface area (TPSA) is 48.5 Å². The zero-order valence-electron chi connectivity index (χ0n) is 13.9. The van der Waals surface area contributed by atoms with Crippen LogP contribution in [0.15, 0.2) is 12.3 Å². The molecule has 0 unspecified atom stereocenters. The average molecular weight is 331 g/mol. The van der Waals surface area contributed by atoms with Crippen LogP contribution in [0.1, 0.15) is 49.1 Å². The number of rotatable bonds is 4. The molecule has 1 fully saturated rings. The van der Waals surface area contributed by atoms with Gasteiger partial charge < -0.3 is 0 Å². The zero-order chi connectivity index (χ0) is 17.0. The number of hydrogen-bond donors (Lipinski definition) is 0. The number of hydrogen-bond acceptors (Lipinski definition) is 3. The van der Waals surface area contributed by atoms with Gasteiger partial charge in [0, 0.05) is 36.8 Å². The Morgan fingerprint density at radius 1 is 1.29 bits per heavy atom. The molecule has 0 spiro atoms. The molecule has 4 rings (SSSR count). The van der Waals surface area contributed by atoms with Crippen molar-refractivity contribution in [2.24, 2.45) is 7.05 Å². The third kappa shape index (κ3) is 2.30. The van der Waals surface area contributed by atoms with Gasteiger partial charge in [0.05, 0.1) is 22.5 Å². The summed E-state index contributed by atoms with van der Waals surface area (Å²) < 4.78 is 30.9. The number of halogens is 2. The Kier molecular flexibility index (Phi) is 3.40. The minimum Gasteiger partial charge on any atom is -0.272 e. The van der Waals surface area contributed by atoms with Crippen LogP contribution in [0.4, 0.5) is 8.78 Å². The van der Waals surface area contributed by atoms with Crippen molar-refractivity contribution in [3.05, 3.63) is 29.2 Å². The van der Waals surface area contributed by atoms with E-state index in [1.807, 2.05) is 20.0 Å². The monoisotopic (exact) mass is 331 g/mol. The van der Waals surface area contributed by atoms with Crippen molar-refractivity contribution >= 4 is 11.0 Å². The lowest BCUT2D eigenvalue weighted by Gasteiger charge is -2.07. The molecule has 0 aromatic carbocycles. The fourth-order valence-corrected chi connectivity index (χ4v) is 3.19. The molecule has 1 aliphatic carbocycles. The second kappa shape index (κ2) is 5.36. The number of aryl methyl sites for hydroxylation is 3. The van der Waals surface area contributed by atoms with Crippen molar-refractivity contribution in [3.63, 3.8) is 0 Å². The third-order valence-corrected chi connectivity index (χ3v) is 4.60. The molecule has 5 nitrogen and oxygen atoms in total. The molecular formula is C17H19F2N5. The van der Waals surface area contributed by atoms with Crippen molar-refractivity contribution < 1.29 is 8.78 Å². The van der Waals surface area contributed by atoms with Gasteiger partial charge in [-0.1, -0.05) is 0 Å². The summed E-state index contributed by atoms with van der Waals surface area (Å²) in [6, 6.07) is 1.50. The lowest BCUT2D eigenvalue weighted by molar-refractivity contribution is 0.153. The summed E-state index contributed by atoms with van der Waals surface area (Å²) in [6.07, 6.45) is 1.33. The van der Waals surface area contributed by atoms with E-state index in [2.05, 4.69) is 15.2 Å². The van der Waals surface area contributed by atoms with E-state index in [1.165, 1.54) is 6.07 Å². The Morgan fingerprint density at radius 3 is 2.62 bits per heavy atom. The summed E-state index contributed by atoms with van der Waals surface area (Å²) in [6.45, 7) is 4.58. The van der Waals surface area contributed by atoms with Gasteiger partial charge in [-0.3, -0.25) is 9.36 Å². The highest BCUT2D eigenvalue weighted by Gasteiger charge is 2.32. The van der Waals surface area contributed by atoms with Gasteiger partial charge in [-0.05, 0) is 32.8 Å². The van der Waals surface area contributed by atoms with E-state index >= 15 is 0 Å². The number of pyridine rings is 1. The molecule has 3 aromatic rings. The molecule has 0 bridgehead atoms. The van der Waals surface area contributed by atoms with Crippen LogP contribution in [0.2, 0.25) is 0 Å². The predicted octanol–water partition coefficient (Wildman–Crippen LogP) is 3.98. The molecular weight excluding hydrogens is 312 g/mol. The van der Waals surface area contributed by atoms with Crippen molar-refractivity contribution in [2.45, 2.75) is 45.6 Å². The van der Waals surface area contributed by atoms with Crippen molar-refractivity contribution in [2.75, 3.05) is 0 Å². The molecule has 0 saturated heterocycles.